The second-order valence-electron chi connectivity index (χ2n) is 7.33. The van der Waals surface area contributed by atoms with Crippen molar-refractivity contribution in [3.05, 3.63) is 29.8 Å². The minimum atomic E-state index is 0.175. The summed E-state index contributed by atoms with van der Waals surface area (Å²) in [4.78, 5) is 12.3. The van der Waals surface area contributed by atoms with E-state index in [0.29, 0.717) is 12.0 Å². The lowest BCUT2D eigenvalue weighted by Gasteiger charge is -2.36. The van der Waals surface area contributed by atoms with Crippen LogP contribution in [-0.2, 0) is 11.3 Å². The Labute approximate surface area is 128 Å². The van der Waals surface area contributed by atoms with Crippen LogP contribution in [0.4, 0.5) is 5.69 Å². The lowest BCUT2D eigenvalue weighted by Crippen LogP contribution is -2.35. The molecular weight excluding hydrogens is 260 g/mol. The average molecular weight is 288 g/mol. The third kappa shape index (κ3) is 4.23. The van der Waals surface area contributed by atoms with Gasteiger partial charge in [-0.05, 0) is 48.6 Å². The number of amides is 1. The summed E-state index contributed by atoms with van der Waals surface area (Å²) in [6.07, 6.45) is 4.35. The maximum Gasteiger partial charge on any atom is 0.223 e. The number of nitrogens with two attached hydrogens (primary N) is 1. The fraction of sp³-hybridized carbons (Fsp3) is 0.611. The highest BCUT2D eigenvalue weighted by Gasteiger charge is 2.32. The molecule has 116 valence electrons. The van der Waals surface area contributed by atoms with E-state index in [1.54, 1.807) is 0 Å². The Kier molecular flexibility index (Phi) is 4.92. The predicted molar refractivity (Wildman–Crippen MR) is 87.6 cm³/mol. The summed E-state index contributed by atoms with van der Waals surface area (Å²) in [7, 11) is 0. The molecule has 0 saturated heterocycles. The molecule has 0 bridgehead atoms. The van der Waals surface area contributed by atoms with E-state index < -0.39 is 0 Å². The van der Waals surface area contributed by atoms with Gasteiger partial charge in [0.2, 0.25) is 5.91 Å². The van der Waals surface area contributed by atoms with Gasteiger partial charge >= 0.3 is 0 Å². The molecule has 3 heteroatoms. The lowest BCUT2D eigenvalue weighted by atomic mass is 9.69. The summed E-state index contributed by atoms with van der Waals surface area (Å²) in [5.74, 6) is 1.10. The van der Waals surface area contributed by atoms with Crippen LogP contribution < -0.4 is 11.1 Å². The van der Waals surface area contributed by atoms with Crippen molar-refractivity contribution < 1.29 is 4.79 Å². The molecule has 1 saturated carbocycles. The smallest absolute Gasteiger partial charge is 0.223 e. The Balaban J connectivity index is 1.82. The maximum atomic E-state index is 12.3. The molecule has 0 aromatic heterocycles. The van der Waals surface area contributed by atoms with Crippen LogP contribution in [0, 0.1) is 17.3 Å². The zero-order valence-corrected chi connectivity index (χ0v) is 13.5. The Morgan fingerprint density at radius 3 is 2.38 bits per heavy atom. The minimum absolute atomic E-state index is 0.175. The summed E-state index contributed by atoms with van der Waals surface area (Å²) < 4.78 is 0. The molecule has 1 fully saturated rings. The van der Waals surface area contributed by atoms with Crippen LogP contribution in [0.15, 0.2) is 24.3 Å². The highest BCUT2D eigenvalue weighted by Crippen LogP contribution is 2.39. The van der Waals surface area contributed by atoms with Crippen molar-refractivity contribution in [1.82, 2.24) is 5.32 Å². The summed E-state index contributed by atoms with van der Waals surface area (Å²) in [6.45, 7) is 7.44. The van der Waals surface area contributed by atoms with Crippen molar-refractivity contribution >= 4 is 11.6 Å². The average Bonchev–Trinajstić information content (AvgIpc) is 2.45. The van der Waals surface area contributed by atoms with Crippen LogP contribution in [0.1, 0.15) is 52.0 Å². The predicted octanol–water partition coefficient (Wildman–Crippen LogP) is 3.74. The van der Waals surface area contributed by atoms with Crippen LogP contribution >= 0.6 is 0 Å². The molecule has 3 N–H and O–H groups in total. The fourth-order valence-electron chi connectivity index (χ4n) is 3.24. The normalized spacial score (nSPS) is 22.8. The molecule has 0 unspecified atom stereocenters. The number of benzene rings is 1. The van der Waals surface area contributed by atoms with Gasteiger partial charge in [-0.3, -0.25) is 4.79 Å². The van der Waals surface area contributed by atoms with E-state index in [-0.39, 0.29) is 11.8 Å². The summed E-state index contributed by atoms with van der Waals surface area (Å²) in [5, 5.41) is 3.04. The minimum Gasteiger partial charge on any atom is -0.398 e. The van der Waals surface area contributed by atoms with Crippen molar-refractivity contribution in [2.45, 2.75) is 53.0 Å². The number of para-hydroxylation sites is 1. The first-order valence-corrected chi connectivity index (χ1v) is 7.99. The first-order valence-electron chi connectivity index (χ1n) is 7.99. The molecule has 1 aromatic rings. The molecule has 0 radical (unpaired) electrons. The third-order valence-electron chi connectivity index (χ3n) is 4.83. The van der Waals surface area contributed by atoms with E-state index in [1.807, 2.05) is 24.3 Å². The standard InChI is InChI=1S/C18H28N2O/c1-18(2,3)15-10-8-13(9-11-15)17(21)20-12-14-6-4-5-7-16(14)19/h4-7,13,15H,8-12,19H2,1-3H3,(H,20,21). The zero-order valence-electron chi connectivity index (χ0n) is 13.5. The van der Waals surface area contributed by atoms with E-state index >= 15 is 0 Å². The monoisotopic (exact) mass is 288 g/mol. The number of rotatable bonds is 3. The summed E-state index contributed by atoms with van der Waals surface area (Å²) >= 11 is 0. The topological polar surface area (TPSA) is 55.1 Å². The largest absolute Gasteiger partial charge is 0.398 e. The molecule has 1 aliphatic carbocycles. The van der Waals surface area contributed by atoms with Gasteiger partial charge in [-0.15, -0.1) is 0 Å². The summed E-state index contributed by atoms with van der Waals surface area (Å²) in [6, 6.07) is 7.70. The van der Waals surface area contributed by atoms with Gasteiger partial charge in [0, 0.05) is 18.2 Å². The highest BCUT2D eigenvalue weighted by molar-refractivity contribution is 5.78. The Morgan fingerprint density at radius 2 is 1.81 bits per heavy atom. The van der Waals surface area contributed by atoms with Crippen LogP contribution in [0.5, 0.6) is 0 Å². The Hall–Kier alpha value is -1.51. The number of hydrogen-bond acceptors (Lipinski definition) is 2. The molecule has 1 amide bonds. The first-order chi connectivity index (χ1) is 9.88. The second-order valence-corrected chi connectivity index (χ2v) is 7.33. The molecule has 21 heavy (non-hydrogen) atoms. The van der Waals surface area contributed by atoms with E-state index in [9.17, 15) is 4.79 Å². The fourth-order valence-corrected chi connectivity index (χ4v) is 3.24. The van der Waals surface area contributed by atoms with E-state index in [4.69, 9.17) is 5.73 Å². The van der Waals surface area contributed by atoms with Gasteiger partial charge in [0.25, 0.3) is 0 Å². The van der Waals surface area contributed by atoms with Gasteiger partial charge in [-0.2, -0.15) is 0 Å². The molecule has 0 aliphatic heterocycles. The molecular formula is C18H28N2O. The third-order valence-corrected chi connectivity index (χ3v) is 4.83. The van der Waals surface area contributed by atoms with Crippen LogP contribution in [-0.4, -0.2) is 5.91 Å². The zero-order chi connectivity index (χ0) is 15.5. The van der Waals surface area contributed by atoms with Gasteiger partial charge in [-0.25, -0.2) is 0 Å². The van der Waals surface area contributed by atoms with Crippen molar-refractivity contribution in [3.63, 3.8) is 0 Å². The number of carbonyl (C=O) groups is 1. The Morgan fingerprint density at radius 1 is 1.19 bits per heavy atom. The number of nitrogen functional groups attached to an aromatic ring is 1. The molecule has 0 heterocycles. The molecule has 2 rings (SSSR count). The lowest BCUT2D eigenvalue weighted by molar-refractivity contribution is -0.126. The molecule has 0 spiro atoms. The van der Waals surface area contributed by atoms with Gasteiger partial charge in [0.15, 0.2) is 0 Å². The van der Waals surface area contributed by atoms with Crippen LogP contribution in [0.2, 0.25) is 0 Å². The maximum absolute atomic E-state index is 12.3. The van der Waals surface area contributed by atoms with Crippen molar-refractivity contribution in [2.24, 2.45) is 17.3 Å². The van der Waals surface area contributed by atoms with Crippen molar-refractivity contribution in [2.75, 3.05) is 5.73 Å². The molecule has 0 atom stereocenters. The van der Waals surface area contributed by atoms with Crippen LogP contribution in [0.3, 0.4) is 0 Å². The molecule has 1 aliphatic rings. The number of anilines is 1. The van der Waals surface area contributed by atoms with Crippen LogP contribution in [0.25, 0.3) is 0 Å². The number of carbonyl (C=O) groups excluding carboxylic acids is 1. The van der Waals surface area contributed by atoms with E-state index in [1.165, 1.54) is 0 Å². The first kappa shape index (κ1) is 15.9. The van der Waals surface area contributed by atoms with Gasteiger partial charge in [0.05, 0.1) is 0 Å². The van der Waals surface area contributed by atoms with Gasteiger partial charge < -0.3 is 11.1 Å². The molecule has 3 nitrogen and oxygen atoms in total. The Bertz CT molecular complexity index is 482. The highest BCUT2D eigenvalue weighted by atomic mass is 16.1. The summed E-state index contributed by atoms with van der Waals surface area (Å²) in [5.41, 5.74) is 8.00. The van der Waals surface area contributed by atoms with E-state index in [2.05, 4.69) is 26.1 Å². The van der Waals surface area contributed by atoms with Gasteiger partial charge in [-0.1, -0.05) is 39.0 Å². The number of nitrogens with one attached hydrogen (secondary N) is 1. The molecule has 1 aromatic carbocycles. The quantitative estimate of drug-likeness (QED) is 0.833. The van der Waals surface area contributed by atoms with Crippen molar-refractivity contribution in [1.29, 1.82) is 0 Å². The van der Waals surface area contributed by atoms with E-state index in [0.717, 1.165) is 42.9 Å². The second kappa shape index (κ2) is 6.50. The van der Waals surface area contributed by atoms with Gasteiger partial charge in [0.1, 0.15) is 0 Å². The van der Waals surface area contributed by atoms with Crippen molar-refractivity contribution in [3.8, 4) is 0 Å². The SMILES string of the molecule is CC(C)(C)C1CCC(C(=O)NCc2ccccc2N)CC1. The number of hydrogen-bond donors (Lipinski definition) is 2.